The van der Waals surface area contributed by atoms with Gasteiger partial charge in [-0.1, -0.05) is 0 Å². The van der Waals surface area contributed by atoms with Gasteiger partial charge in [0.25, 0.3) is 0 Å². The van der Waals surface area contributed by atoms with Crippen molar-refractivity contribution < 1.29 is 0 Å². The number of fused-ring (bicyclic) bond motifs is 2. The molecule has 2 heterocycles. The van der Waals surface area contributed by atoms with Gasteiger partial charge in [-0.3, -0.25) is 0 Å². The zero-order chi connectivity index (χ0) is 13.4. The zero-order valence-electron chi connectivity index (χ0n) is 10.9. The average molecular weight is 329 g/mol. The first-order valence-corrected chi connectivity index (χ1v) is 8.36. The molecule has 2 aromatic rings. The second kappa shape index (κ2) is 5.00. The summed E-state index contributed by atoms with van der Waals surface area (Å²) >= 11 is 0.0167. The van der Waals surface area contributed by atoms with Crippen LogP contribution in [0, 0.1) is 0 Å². The predicted octanol–water partition coefficient (Wildman–Crippen LogP) is 3.92. The van der Waals surface area contributed by atoms with Gasteiger partial charge < -0.3 is 0 Å². The summed E-state index contributed by atoms with van der Waals surface area (Å²) in [6.07, 6.45) is 5.35. The Morgan fingerprint density at radius 2 is 2.15 bits per heavy atom. The number of nitrogens with zero attached hydrogens (tertiary/aromatic N) is 3. The van der Waals surface area contributed by atoms with Crippen LogP contribution in [0.15, 0.2) is 44.5 Å². The number of aryl methyl sites for hydroxylation is 1. The maximum absolute atomic E-state index is 4.58. The molecule has 0 saturated carbocycles. The van der Waals surface area contributed by atoms with E-state index >= 15 is 0 Å². The van der Waals surface area contributed by atoms with E-state index in [2.05, 4.69) is 30.4 Å². The van der Waals surface area contributed by atoms with Crippen LogP contribution in [0.4, 0.5) is 17.1 Å². The molecule has 0 spiro atoms. The van der Waals surface area contributed by atoms with Crippen LogP contribution in [0.1, 0.15) is 30.1 Å². The van der Waals surface area contributed by atoms with Crippen LogP contribution >= 0.6 is 0 Å². The number of benzene rings is 1. The number of aromatic nitrogens is 1. The molecule has 1 aliphatic carbocycles. The molecular formula is C15H14N4Se. The molecule has 4 rings (SSSR count). The molecule has 100 valence electrons. The van der Waals surface area contributed by atoms with Crippen molar-refractivity contribution in [2.45, 2.75) is 25.3 Å². The number of hydrogen-bond acceptors (Lipinski definition) is 4. The Hall–Kier alpha value is -1.71. The number of anilines is 1. The van der Waals surface area contributed by atoms with E-state index in [9.17, 15) is 0 Å². The van der Waals surface area contributed by atoms with Gasteiger partial charge in [0.15, 0.2) is 0 Å². The quantitative estimate of drug-likeness (QED) is 0.725. The molecule has 0 amide bonds. The summed E-state index contributed by atoms with van der Waals surface area (Å²) in [5.41, 5.74) is 5.70. The molecule has 0 saturated heterocycles. The van der Waals surface area contributed by atoms with Crippen molar-refractivity contribution in [3.8, 4) is 0 Å². The van der Waals surface area contributed by atoms with Gasteiger partial charge in [0.1, 0.15) is 0 Å². The van der Waals surface area contributed by atoms with E-state index in [0.29, 0.717) is 0 Å². The standard InChI is InChI=1S/C15H14N4Se/c1-4-10-5-3-9-16-14(10)11(6-1)17-12-7-2-8-13-15(12)19-20-18-13/h2-3,5,7-9,11,17H,1,4,6H2. The molecule has 1 aromatic heterocycles. The van der Waals surface area contributed by atoms with Gasteiger partial charge in [-0.25, -0.2) is 0 Å². The molecule has 20 heavy (non-hydrogen) atoms. The van der Waals surface area contributed by atoms with Gasteiger partial charge >= 0.3 is 123 Å². The van der Waals surface area contributed by atoms with Gasteiger partial charge in [-0.15, -0.1) is 0 Å². The summed E-state index contributed by atoms with van der Waals surface area (Å²) in [6.45, 7) is 0. The number of nitrogens with one attached hydrogen (secondary N) is 1. The molecule has 2 aliphatic rings. The second-order valence-corrected chi connectivity index (χ2v) is 6.18. The number of hydrogen-bond donors (Lipinski definition) is 1. The van der Waals surface area contributed by atoms with Crippen LogP contribution in [-0.4, -0.2) is 19.6 Å². The van der Waals surface area contributed by atoms with Crippen molar-refractivity contribution in [1.29, 1.82) is 0 Å². The first-order valence-electron chi connectivity index (χ1n) is 6.83. The number of pyridine rings is 1. The second-order valence-electron chi connectivity index (χ2n) is 5.07. The Morgan fingerprint density at radius 1 is 1.15 bits per heavy atom. The normalized spacial score (nSPS) is 19.1. The van der Waals surface area contributed by atoms with Gasteiger partial charge in [0.05, 0.1) is 0 Å². The van der Waals surface area contributed by atoms with E-state index in [1.165, 1.54) is 17.7 Å². The van der Waals surface area contributed by atoms with Crippen LogP contribution in [-0.2, 0) is 6.42 Å². The zero-order valence-corrected chi connectivity index (χ0v) is 12.6. The van der Waals surface area contributed by atoms with Crippen molar-refractivity contribution in [3.63, 3.8) is 0 Å². The molecule has 1 N–H and O–H groups in total. The fraction of sp³-hybridized carbons (Fsp3) is 0.267. The van der Waals surface area contributed by atoms with Crippen LogP contribution in [0.25, 0.3) is 0 Å². The Balaban J connectivity index is 1.68. The summed E-state index contributed by atoms with van der Waals surface area (Å²) in [5, 5.41) is 3.63. The summed E-state index contributed by atoms with van der Waals surface area (Å²) < 4.78 is 8.97. The molecule has 1 unspecified atom stereocenters. The van der Waals surface area contributed by atoms with Gasteiger partial charge in [-0.05, 0) is 0 Å². The molecule has 1 aliphatic heterocycles. The van der Waals surface area contributed by atoms with Crippen molar-refractivity contribution in [2.24, 2.45) is 7.92 Å². The fourth-order valence-electron chi connectivity index (χ4n) is 2.86. The molecular weight excluding hydrogens is 315 g/mol. The van der Waals surface area contributed by atoms with E-state index in [0.717, 1.165) is 29.9 Å². The average Bonchev–Trinajstić information content (AvgIpc) is 2.97. The van der Waals surface area contributed by atoms with E-state index < -0.39 is 0 Å². The summed E-state index contributed by atoms with van der Waals surface area (Å²) in [4.78, 5) is 4.58. The fourth-order valence-corrected chi connectivity index (χ4v) is 4.01. The van der Waals surface area contributed by atoms with Crippen LogP contribution in [0.5, 0.6) is 0 Å². The molecule has 4 nitrogen and oxygen atoms in total. The Bertz CT molecular complexity index is 734. The molecule has 0 bridgehead atoms. The third-order valence-electron chi connectivity index (χ3n) is 3.81. The van der Waals surface area contributed by atoms with Crippen molar-refractivity contribution in [3.05, 3.63) is 47.8 Å². The van der Waals surface area contributed by atoms with Crippen LogP contribution < -0.4 is 5.32 Å². The Morgan fingerprint density at radius 3 is 3.15 bits per heavy atom. The van der Waals surface area contributed by atoms with E-state index in [4.69, 9.17) is 0 Å². The summed E-state index contributed by atoms with van der Waals surface area (Å²) in [6, 6.07) is 10.7. The van der Waals surface area contributed by atoms with E-state index in [-0.39, 0.29) is 20.6 Å². The maximum atomic E-state index is 4.58. The molecule has 0 fully saturated rings. The van der Waals surface area contributed by atoms with Crippen LogP contribution in [0.3, 0.4) is 0 Å². The first kappa shape index (κ1) is 12.1. The molecule has 5 heteroatoms. The predicted molar refractivity (Wildman–Crippen MR) is 79.9 cm³/mol. The summed E-state index contributed by atoms with van der Waals surface area (Å²) in [5.74, 6) is 0. The minimum atomic E-state index is 0.0167. The van der Waals surface area contributed by atoms with Gasteiger partial charge in [-0.2, -0.15) is 0 Å². The molecule has 1 aromatic carbocycles. The molecule has 1 atom stereocenters. The first-order chi connectivity index (χ1) is 9.92. The monoisotopic (exact) mass is 330 g/mol. The van der Waals surface area contributed by atoms with Crippen molar-refractivity contribution in [1.82, 2.24) is 4.98 Å². The van der Waals surface area contributed by atoms with E-state index in [1.807, 2.05) is 24.4 Å². The number of rotatable bonds is 2. The third kappa shape index (κ3) is 2.03. The van der Waals surface area contributed by atoms with Crippen LogP contribution in [0.2, 0.25) is 0 Å². The third-order valence-corrected chi connectivity index (χ3v) is 4.95. The Labute approximate surface area is 123 Å². The van der Waals surface area contributed by atoms with E-state index in [1.54, 1.807) is 0 Å². The van der Waals surface area contributed by atoms with Crippen molar-refractivity contribution in [2.75, 3.05) is 5.32 Å². The Kier molecular flexibility index (Phi) is 3.02. The van der Waals surface area contributed by atoms with Gasteiger partial charge in [0.2, 0.25) is 0 Å². The topological polar surface area (TPSA) is 49.6 Å². The minimum absolute atomic E-state index is 0.0167. The van der Waals surface area contributed by atoms with Crippen molar-refractivity contribution >= 4 is 31.6 Å². The van der Waals surface area contributed by atoms with Gasteiger partial charge in [0, 0.05) is 0 Å². The molecule has 0 radical (unpaired) electrons. The summed E-state index contributed by atoms with van der Waals surface area (Å²) in [7, 11) is 0. The SMILES string of the molecule is c1cnc2c(c1)CCCC2Nc1cccc2c1N=[Se]=N2.